The van der Waals surface area contributed by atoms with Gasteiger partial charge in [-0.05, 0) is 43.4 Å². The van der Waals surface area contributed by atoms with Gasteiger partial charge in [-0.3, -0.25) is 14.4 Å². The molecule has 4 rings (SSSR count). The summed E-state index contributed by atoms with van der Waals surface area (Å²) >= 11 is 6.11. The molecule has 0 bridgehead atoms. The van der Waals surface area contributed by atoms with E-state index in [1.54, 1.807) is 19.2 Å². The molecule has 190 valence electrons. The Morgan fingerprint density at radius 1 is 1.14 bits per heavy atom. The second-order valence-electron chi connectivity index (χ2n) is 10.2. The number of hydrogen-bond donors (Lipinski definition) is 2. The molecule has 7 nitrogen and oxygen atoms in total. The number of amides is 3. The van der Waals surface area contributed by atoms with Gasteiger partial charge in [0, 0.05) is 23.2 Å². The number of fused-ring (bicyclic) bond motifs is 1. The van der Waals surface area contributed by atoms with E-state index in [4.69, 9.17) is 22.3 Å². The van der Waals surface area contributed by atoms with Gasteiger partial charge in [-0.2, -0.15) is 0 Å². The van der Waals surface area contributed by atoms with E-state index in [2.05, 4.69) is 5.32 Å². The molecule has 1 aliphatic carbocycles. The number of nitrogens with two attached hydrogens (primary N) is 1. The number of carbonyl (C=O) groups excluding carboxylic acids is 3. The molecule has 1 heterocycles. The number of nitrogens with one attached hydrogen (secondary N) is 1. The Kier molecular flexibility index (Phi) is 7.50. The number of benzene rings is 2. The van der Waals surface area contributed by atoms with Crippen LogP contribution in [0.25, 0.3) is 0 Å². The monoisotopic (exact) mass is 508 g/mol. The lowest BCUT2D eigenvalue weighted by Gasteiger charge is -2.35. The summed E-state index contributed by atoms with van der Waals surface area (Å²) < 4.78 is 0. The van der Waals surface area contributed by atoms with Crippen LogP contribution in [0.2, 0.25) is 5.02 Å². The topological polar surface area (TPSA) is 105 Å². The summed E-state index contributed by atoms with van der Waals surface area (Å²) in [7, 11) is 1.67. The van der Waals surface area contributed by atoms with Crippen molar-refractivity contribution in [2.24, 2.45) is 28.0 Å². The number of rotatable bonds is 7. The molecular weight excluding hydrogens is 476 g/mol. The minimum absolute atomic E-state index is 0.169. The quantitative estimate of drug-likeness (QED) is 0.582. The fourth-order valence-corrected chi connectivity index (χ4v) is 5.64. The number of primary amides is 1. The molecule has 36 heavy (non-hydrogen) atoms. The SMILES string of the molecule is CC(C)C[C@@H](C(=O)N[C@H]1N=C(c2ccc(Cl)cc2)c2ccccc2N(C)C1=O)C1(C(N)=O)CCCC1. The summed E-state index contributed by atoms with van der Waals surface area (Å²) in [4.78, 5) is 46.3. The standard InChI is InChI=1S/C28H33ClN4O3/c1-17(2)16-21(28(27(30)36)14-6-7-15-28)25(34)32-24-26(35)33(3)22-9-5-4-8-20(22)23(31-24)18-10-12-19(29)13-11-18/h4-5,8-13,17,21,24H,6-7,14-16H2,1-3H3,(H2,30,36)(H,32,34)/t21-,24+/m0/s1. The number of benzodiazepines with no additional fused rings is 1. The third-order valence-corrected chi connectivity index (χ3v) is 7.67. The Balaban J connectivity index is 1.75. The van der Waals surface area contributed by atoms with E-state index >= 15 is 0 Å². The highest BCUT2D eigenvalue weighted by Crippen LogP contribution is 2.46. The van der Waals surface area contributed by atoms with Crippen molar-refractivity contribution in [3.8, 4) is 0 Å². The second kappa shape index (κ2) is 10.4. The predicted octanol–water partition coefficient (Wildman–Crippen LogP) is 4.30. The maximum absolute atomic E-state index is 13.8. The molecule has 2 aromatic rings. The molecule has 3 N–H and O–H groups in total. The lowest BCUT2D eigenvalue weighted by Crippen LogP contribution is -2.53. The van der Waals surface area contributed by atoms with Crippen LogP contribution in [0.15, 0.2) is 53.5 Å². The van der Waals surface area contributed by atoms with Gasteiger partial charge in [0.1, 0.15) is 0 Å². The summed E-state index contributed by atoms with van der Waals surface area (Å²) in [6, 6.07) is 14.7. The van der Waals surface area contributed by atoms with Gasteiger partial charge in [0.2, 0.25) is 18.0 Å². The number of nitrogens with zero attached hydrogens (tertiary/aromatic N) is 2. The van der Waals surface area contributed by atoms with Crippen molar-refractivity contribution in [1.82, 2.24) is 5.32 Å². The van der Waals surface area contributed by atoms with E-state index in [1.165, 1.54) is 4.90 Å². The van der Waals surface area contributed by atoms with E-state index in [-0.39, 0.29) is 17.7 Å². The normalized spacial score (nSPS) is 19.9. The van der Waals surface area contributed by atoms with Gasteiger partial charge < -0.3 is 16.0 Å². The summed E-state index contributed by atoms with van der Waals surface area (Å²) in [6.07, 6.45) is 2.21. The minimum Gasteiger partial charge on any atom is -0.369 e. The van der Waals surface area contributed by atoms with Crippen LogP contribution in [0.4, 0.5) is 5.69 Å². The van der Waals surface area contributed by atoms with Crippen LogP contribution < -0.4 is 16.0 Å². The predicted molar refractivity (Wildman–Crippen MR) is 142 cm³/mol. The van der Waals surface area contributed by atoms with Crippen molar-refractivity contribution in [2.45, 2.75) is 52.1 Å². The zero-order valence-electron chi connectivity index (χ0n) is 21.0. The van der Waals surface area contributed by atoms with Crippen molar-refractivity contribution < 1.29 is 14.4 Å². The second-order valence-corrected chi connectivity index (χ2v) is 10.7. The van der Waals surface area contributed by atoms with Crippen molar-refractivity contribution >= 4 is 40.7 Å². The first kappa shape index (κ1) is 25.9. The molecule has 1 aliphatic heterocycles. The van der Waals surface area contributed by atoms with Crippen molar-refractivity contribution in [3.63, 3.8) is 0 Å². The van der Waals surface area contributed by atoms with Gasteiger partial charge in [-0.15, -0.1) is 0 Å². The molecule has 0 saturated heterocycles. The van der Waals surface area contributed by atoms with E-state index in [1.807, 2.05) is 50.2 Å². The van der Waals surface area contributed by atoms with Crippen LogP contribution in [-0.2, 0) is 14.4 Å². The Morgan fingerprint density at radius 2 is 1.78 bits per heavy atom. The Labute approximate surface area is 217 Å². The summed E-state index contributed by atoms with van der Waals surface area (Å²) in [5.41, 5.74) is 7.81. The van der Waals surface area contributed by atoms with Gasteiger partial charge in [-0.1, -0.05) is 68.6 Å². The number of likely N-dealkylation sites (N-methyl/N-ethyl adjacent to an activating group) is 1. The van der Waals surface area contributed by atoms with Gasteiger partial charge >= 0.3 is 0 Å². The summed E-state index contributed by atoms with van der Waals surface area (Å²) in [5.74, 6) is -1.62. The van der Waals surface area contributed by atoms with Crippen LogP contribution >= 0.6 is 11.6 Å². The first-order valence-corrected chi connectivity index (χ1v) is 12.8. The van der Waals surface area contributed by atoms with Gasteiger partial charge in [-0.25, -0.2) is 4.99 Å². The molecule has 2 atom stereocenters. The van der Waals surface area contributed by atoms with Crippen molar-refractivity contribution in [1.29, 1.82) is 0 Å². The van der Waals surface area contributed by atoms with Gasteiger partial charge in [0.15, 0.2) is 0 Å². The molecule has 1 saturated carbocycles. The summed E-state index contributed by atoms with van der Waals surface area (Å²) in [5, 5.41) is 3.48. The first-order chi connectivity index (χ1) is 17.1. The van der Waals surface area contributed by atoms with Crippen LogP contribution in [0, 0.1) is 17.3 Å². The Morgan fingerprint density at radius 3 is 2.39 bits per heavy atom. The fraction of sp³-hybridized carbons (Fsp3) is 0.429. The lowest BCUT2D eigenvalue weighted by atomic mass is 9.69. The zero-order chi connectivity index (χ0) is 26.0. The third kappa shape index (κ3) is 4.89. The number of aliphatic imine (C=N–C) groups is 1. The van der Waals surface area contributed by atoms with E-state index in [9.17, 15) is 14.4 Å². The van der Waals surface area contributed by atoms with E-state index in [0.717, 1.165) is 24.0 Å². The number of halogens is 1. The average Bonchev–Trinajstić information content (AvgIpc) is 3.32. The van der Waals surface area contributed by atoms with Gasteiger partial charge in [0.05, 0.1) is 22.7 Å². The highest BCUT2D eigenvalue weighted by Gasteiger charge is 2.50. The number of hydrogen-bond acceptors (Lipinski definition) is 4. The van der Waals surface area contributed by atoms with Crippen LogP contribution in [0.5, 0.6) is 0 Å². The molecule has 2 aliphatic rings. The molecule has 3 amide bonds. The molecule has 1 fully saturated rings. The van der Waals surface area contributed by atoms with Crippen LogP contribution in [-0.4, -0.2) is 36.6 Å². The Hall–Kier alpha value is -3.19. The molecule has 0 radical (unpaired) electrons. The fourth-order valence-electron chi connectivity index (χ4n) is 5.52. The largest absolute Gasteiger partial charge is 0.369 e. The number of carbonyl (C=O) groups is 3. The molecule has 8 heteroatoms. The maximum Gasteiger partial charge on any atom is 0.272 e. The lowest BCUT2D eigenvalue weighted by molar-refractivity contribution is -0.142. The molecule has 0 spiro atoms. The van der Waals surface area contributed by atoms with Crippen LogP contribution in [0.1, 0.15) is 57.1 Å². The molecule has 0 aromatic heterocycles. The molecule has 0 unspecified atom stereocenters. The summed E-state index contributed by atoms with van der Waals surface area (Å²) in [6.45, 7) is 4.03. The number of anilines is 1. The van der Waals surface area contributed by atoms with E-state index in [0.29, 0.717) is 35.7 Å². The minimum atomic E-state index is -1.15. The smallest absolute Gasteiger partial charge is 0.272 e. The first-order valence-electron chi connectivity index (χ1n) is 12.4. The molecule has 2 aromatic carbocycles. The van der Waals surface area contributed by atoms with Gasteiger partial charge in [0.25, 0.3) is 5.91 Å². The Bertz CT molecular complexity index is 1190. The average molecular weight is 509 g/mol. The van der Waals surface area contributed by atoms with E-state index < -0.39 is 23.4 Å². The molecular formula is C28H33ClN4O3. The maximum atomic E-state index is 13.8. The third-order valence-electron chi connectivity index (χ3n) is 7.42. The van der Waals surface area contributed by atoms with Crippen molar-refractivity contribution in [3.05, 3.63) is 64.7 Å². The highest BCUT2D eigenvalue weighted by atomic mass is 35.5. The van der Waals surface area contributed by atoms with Crippen molar-refractivity contribution in [2.75, 3.05) is 11.9 Å². The van der Waals surface area contributed by atoms with Crippen LogP contribution in [0.3, 0.4) is 0 Å². The zero-order valence-corrected chi connectivity index (χ0v) is 21.7. The highest BCUT2D eigenvalue weighted by molar-refractivity contribution is 6.30. The number of para-hydroxylation sites is 1.